The molecule has 1 aromatic heterocycles. The summed E-state index contributed by atoms with van der Waals surface area (Å²) >= 11 is 0. The van der Waals surface area contributed by atoms with Gasteiger partial charge in [0.1, 0.15) is 5.76 Å². The highest BCUT2D eigenvalue weighted by Gasteiger charge is 2.37. The molecule has 0 aliphatic carbocycles. The Kier molecular flexibility index (Phi) is 4.36. The summed E-state index contributed by atoms with van der Waals surface area (Å²) in [5.74, 6) is 1.43. The average molecular weight is 326 g/mol. The predicted octanol–water partition coefficient (Wildman–Crippen LogP) is 2.25. The highest BCUT2D eigenvalue weighted by atomic mass is 16.5. The van der Waals surface area contributed by atoms with E-state index >= 15 is 0 Å². The molecule has 24 heavy (non-hydrogen) atoms. The van der Waals surface area contributed by atoms with E-state index in [1.165, 1.54) is 0 Å². The largest absolute Gasteiger partial charge is 0.468 e. The van der Waals surface area contributed by atoms with Crippen molar-refractivity contribution < 1.29 is 13.9 Å². The summed E-state index contributed by atoms with van der Waals surface area (Å²) in [7, 11) is 0. The molecule has 2 aliphatic heterocycles. The summed E-state index contributed by atoms with van der Waals surface area (Å²) < 4.78 is 11.5. The third-order valence-corrected chi connectivity index (χ3v) is 4.87. The van der Waals surface area contributed by atoms with Gasteiger partial charge in [-0.25, -0.2) is 0 Å². The Morgan fingerprint density at radius 3 is 2.75 bits per heavy atom. The lowest BCUT2D eigenvalue weighted by Crippen LogP contribution is -2.37. The molecule has 126 valence electrons. The van der Waals surface area contributed by atoms with Crippen LogP contribution in [0.1, 0.15) is 16.1 Å². The Morgan fingerprint density at radius 2 is 1.96 bits per heavy atom. The Balaban J connectivity index is 1.42. The van der Waals surface area contributed by atoms with Gasteiger partial charge >= 0.3 is 0 Å². The molecule has 0 N–H and O–H groups in total. The van der Waals surface area contributed by atoms with E-state index in [2.05, 4.69) is 4.90 Å². The third-order valence-electron chi connectivity index (χ3n) is 4.87. The number of amides is 1. The normalized spacial score (nSPS) is 24.6. The lowest BCUT2D eigenvalue weighted by molar-refractivity contribution is 0.0497. The van der Waals surface area contributed by atoms with Crippen LogP contribution < -0.4 is 0 Å². The molecule has 2 fully saturated rings. The summed E-state index contributed by atoms with van der Waals surface area (Å²) in [4.78, 5) is 17.0. The molecule has 2 saturated heterocycles. The Hall–Kier alpha value is -2.11. The number of likely N-dealkylation sites (tertiary alicyclic amines) is 1. The molecule has 0 saturated carbocycles. The molecule has 5 heteroatoms. The molecule has 0 bridgehead atoms. The van der Waals surface area contributed by atoms with Crippen molar-refractivity contribution >= 4 is 5.91 Å². The van der Waals surface area contributed by atoms with Crippen LogP contribution in [-0.4, -0.2) is 54.6 Å². The van der Waals surface area contributed by atoms with Crippen LogP contribution in [0.15, 0.2) is 53.1 Å². The van der Waals surface area contributed by atoms with Crippen molar-refractivity contribution in [3.05, 3.63) is 60.1 Å². The van der Waals surface area contributed by atoms with Gasteiger partial charge in [-0.1, -0.05) is 18.2 Å². The fraction of sp³-hybridized carbons (Fsp3) is 0.421. The maximum absolute atomic E-state index is 12.7. The molecule has 2 aromatic rings. The SMILES string of the molecule is O=C(c1ccccc1)N1CCO[C@H]2CN(Cc3ccco3)C[C@H]2C1. The van der Waals surface area contributed by atoms with E-state index in [0.717, 1.165) is 37.5 Å². The number of rotatable bonds is 3. The van der Waals surface area contributed by atoms with Crippen LogP contribution in [0.4, 0.5) is 0 Å². The zero-order valence-electron chi connectivity index (χ0n) is 13.6. The number of hydrogen-bond acceptors (Lipinski definition) is 4. The Morgan fingerprint density at radius 1 is 1.08 bits per heavy atom. The highest BCUT2D eigenvalue weighted by Crippen LogP contribution is 2.25. The van der Waals surface area contributed by atoms with Crippen LogP contribution in [0.2, 0.25) is 0 Å². The summed E-state index contributed by atoms with van der Waals surface area (Å²) in [5, 5.41) is 0. The maximum atomic E-state index is 12.7. The molecule has 1 aromatic carbocycles. The summed E-state index contributed by atoms with van der Waals surface area (Å²) in [6.07, 6.45) is 1.91. The van der Waals surface area contributed by atoms with Crippen molar-refractivity contribution in [1.29, 1.82) is 0 Å². The molecule has 1 amide bonds. The van der Waals surface area contributed by atoms with Gasteiger partial charge in [-0.15, -0.1) is 0 Å². The molecule has 0 spiro atoms. The number of benzene rings is 1. The van der Waals surface area contributed by atoms with E-state index in [0.29, 0.717) is 19.1 Å². The molecule has 3 heterocycles. The van der Waals surface area contributed by atoms with Gasteiger partial charge in [0.05, 0.1) is 25.5 Å². The lowest BCUT2D eigenvalue weighted by atomic mass is 10.1. The van der Waals surface area contributed by atoms with E-state index < -0.39 is 0 Å². The third kappa shape index (κ3) is 3.23. The van der Waals surface area contributed by atoms with Crippen molar-refractivity contribution in [3.63, 3.8) is 0 Å². The molecule has 0 unspecified atom stereocenters. The van der Waals surface area contributed by atoms with Gasteiger partial charge in [0, 0.05) is 37.7 Å². The van der Waals surface area contributed by atoms with Crippen LogP contribution in [0.5, 0.6) is 0 Å². The van der Waals surface area contributed by atoms with Gasteiger partial charge in [-0.3, -0.25) is 9.69 Å². The van der Waals surface area contributed by atoms with Crippen LogP contribution in [-0.2, 0) is 11.3 Å². The first-order valence-corrected chi connectivity index (χ1v) is 8.50. The fourth-order valence-corrected chi connectivity index (χ4v) is 3.68. The zero-order valence-corrected chi connectivity index (χ0v) is 13.6. The predicted molar refractivity (Wildman–Crippen MR) is 89.6 cm³/mol. The second-order valence-corrected chi connectivity index (χ2v) is 6.56. The monoisotopic (exact) mass is 326 g/mol. The smallest absolute Gasteiger partial charge is 0.253 e. The van der Waals surface area contributed by atoms with E-state index in [-0.39, 0.29) is 12.0 Å². The maximum Gasteiger partial charge on any atom is 0.253 e. The molecule has 0 radical (unpaired) electrons. The van der Waals surface area contributed by atoms with Gasteiger partial charge in [-0.05, 0) is 24.3 Å². The van der Waals surface area contributed by atoms with E-state index in [4.69, 9.17) is 9.15 Å². The molecule has 2 aliphatic rings. The highest BCUT2D eigenvalue weighted by molar-refractivity contribution is 5.94. The lowest BCUT2D eigenvalue weighted by Gasteiger charge is -2.23. The number of fused-ring (bicyclic) bond motifs is 1. The van der Waals surface area contributed by atoms with Crippen molar-refractivity contribution in [1.82, 2.24) is 9.80 Å². The van der Waals surface area contributed by atoms with Crippen LogP contribution in [0, 0.1) is 5.92 Å². The van der Waals surface area contributed by atoms with Crippen LogP contribution >= 0.6 is 0 Å². The second kappa shape index (κ2) is 6.79. The minimum absolute atomic E-state index is 0.101. The molecular formula is C19H22N2O3. The first-order chi connectivity index (χ1) is 11.8. The summed E-state index contributed by atoms with van der Waals surface area (Å²) in [6, 6.07) is 13.4. The Labute approximate surface area is 141 Å². The minimum Gasteiger partial charge on any atom is -0.468 e. The zero-order chi connectivity index (χ0) is 16.4. The van der Waals surface area contributed by atoms with Crippen LogP contribution in [0.25, 0.3) is 0 Å². The standard InChI is InChI=1S/C19H22N2O3/c22-19(15-5-2-1-3-6-15)21-8-10-24-18-14-20(11-16(18)12-21)13-17-7-4-9-23-17/h1-7,9,16,18H,8,10-14H2/t16-,18-/m0/s1. The number of hydrogen-bond donors (Lipinski definition) is 0. The number of carbonyl (C=O) groups excluding carboxylic acids is 1. The molecular weight excluding hydrogens is 304 g/mol. The van der Waals surface area contributed by atoms with Crippen molar-refractivity contribution in [2.24, 2.45) is 5.92 Å². The average Bonchev–Trinajstić information content (AvgIpc) is 3.20. The molecule has 5 nitrogen and oxygen atoms in total. The molecule has 4 rings (SSSR count). The van der Waals surface area contributed by atoms with Crippen molar-refractivity contribution in [3.8, 4) is 0 Å². The topological polar surface area (TPSA) is 45.9 Å². The quantitative estimate of drug-likeness (QED) is 0.868. The van der Waals surface area contributed by atoms with Crippen LogP contribution in [0.3, 0.4) is 0 Å². The van der Waals surface area contributed by atoms with E-state index in [1.54, 1.807) is 6.26 Å². The second-order valence-electron chi connectivity index (χ2n) is 6.56. The van der Waals surface area contributed by atoms with Gasteiger partial charge < -0.3 is 14.1 Å². The Bertz CT molecular complexity index is 671. The first kappa shape index (κ1) is 15.4. The van der Waals surface area contributed by atoms with E-state index in [1.807, 2.05) is 47.4 Å². The first-order valence-electron chi connectivity index (χ1n) is 8.50. The van der Waals surface area contributed by atoms with Gasteiger partial charge in [0.25, 0.3) is 5.91 Å². The van der Waals surface area contributed by atoms with Crippen molar-refractivity contribution in [2.45, 2.75) is 12.6 Å². The van der Waals surface area contributed by atoms with Gasteiger partial charge in [0.2, 0.25) is 0 Å². The number of furan rings is 1. The fourth-order valence-electron chi connectivity index (χ4n) is 3.68. The molecule has 2 atom stereocenters. The van der Waals surface area contributed by atoms with Gasteiger partial charge in [-0.2, -0.15) is 0 Å². The number of carbonyl (C=O) groups is 1. The van der Waals surface area contributed by atoms with E-state index in [9.17, 15) is 4.79 Å². The minimum atomic E-state index is 0.101. The number of nitrogens with zero attached hydrogens (tertiary/aromatic N) is 2. The summed E-state index contributed by atoms with van der Waals surface area (Å²) in [6.45, 7) is 4.67. The summed E-state index contributed by atoms with van der Waals surface area (Å²) in [5.41, 5.74) is 0.751. The van der Waals surface area contributed by atoms with Gasteiger partial charge in [0.15, 0.2) is 0 Å². The number of ether oxygens (including phenoxy) is 1. The van der Waals surface area contributed by atoms with Crippen molar-refractivity contribution in [2.75, 3.05) is 32.8 Å².